The lowest BCUT2D eigenvalue weighted by molar-refractivity contribution is 0.0815. The third-order valence-electron chi connectivity index (χ3n) is 5.09. The topological polar surface area (TPSA) is 111 Å². The molecule has 0 aromatic carbocycles. The Morgan fingerprint density at radius 2 is 2.24 bits per heavy atom. The SMILES string of the molecule is CN/C=C(\C=N)c1cn2nccc2c(-c2cnn(C3(CC#N)CN(SC)C3)c2)n1. The molecule has 148 valence electrons. The average molecular weight is 408 g/mol. The highest BCUT2D eigenvalue weighted by molar-refractivity contribution is 7.96. The summed E-state index contributed by atoms with van der Waals surface area (Å²) in [6.45, 7) is 1.56. The van der Waals surface area contributed by atoms with Crippen LogP contribution in [0.5, 0.6) is 0 Å². The summed E-state index contributed by atoms with van der Waals surface area (Å²) in [7, 11) is 1.78. The van der Waals surface area contributed by atoms with E-state index in [1.807, 2.05) is 23.2 Å². The van der Waals surface area contributed by atoms with Crippen LogP contribution in [-0.4, -0.2) is 61.3 Å². The van der Waals surface area contributed by atoms with E-state index >= 15 is 0 Å². The lowest BCUT2D eigenvalue weighted by atomic mass is 9.89. The van der Waals surface area contributed by atoms with E-state index < -0.39 is 0 Å². The predicted octanol–water partition coefficient (Wildman–Crippen LogP) is 2.01. The fourth-order valence-corrected chi connectivity index (χ4v) is 4.29. The standard InChI is InChI=1S/C19H21N9S/c1-22-8-14(7-21)16-11-27-17(3-6-23-27)18(25-16)15-9-24-28(10-15)19(4-5-20)12-26(13-19)29-2/h3,6-11,21-22H,4,12-13H2,1-2H3/b14-8+,21-7?. The van der Waals surface area contributed by atoms with Crippen LogP contribution in [0.1, 0.15) is 12.1 Å². The summed E-state index contributed by atoms with van der Waals surface area (Å²) in [5, 5.41) is 28.9. The van der Waals surface area contributed by atoms with Gasteiger partial charge in [-0.1, -0.05) is 11.9 Å². The molecule has 9 nitrogen and oxygen atoms in total. The van der Waals surface area contributed by atoms with Gasteiger partial charge in [-0.25, -0.2) is 13.8 Å². The van der Waals surface area contributed by atoms with Crippen LogP contribution in [0.15, 0.2) is 37.1 Å². The highest BCUT2D eigenvalue weighted by Gasteiger charge is 2.45. The molecule has 3 aromatic heterocycles. The van der Waals surface area contributed by atoms with Crippen molar-refractivity contribution < 1.29 is 0 Å². The molecule has 3 aromatic rings. The minimum Gasteiger partial charge on any atom is -0.393 e. The largest absolute Gasteiger partial charge is 0.393 e. The van der Waals surface area contributed by atoms with Gasteiger partial charge in [0, 0.05) is 49.9 Å². The molecule has 0 bridgehead atoms. The van der Waals surface area contributed by atoms with E-state index in [9.17, 15) is 5.26 Å². The maximum absolute atomic E-state index is 9.33. The van der Waals surface area contributed by atoms with Crippen LogP contribution in [-0.2, 0) is 5.54 Å². The quantitative estimate of drug-likeness (QED) is 0.455. The molecule has 0 aliphatic carbocycles. The predicted molar refractivity (Wildman–Crippen MR) is 113 cm³/mol. The number of nitrogens with one attached hydrogen (secondary N) is 2. The fraction of sp³-hybridized carbons (Fsp3) is 0.316. The van der Waals surface area contributed by atoms with Gasteiger partial charge in [-0.15, -0.1) is 0 Å². The highest BCUT2D eigenvalue weighted by atomic mass is 32.2. The molecule has 4 rings (SSSR count). The van der Waals surface area contributed by atoms with E-state index in [0.29, 0.717) is 17.7 Å². The molecular formula is C19H21N9S. The van der Waals surface area contributed by atoms with Crippen LogP contribution in [0.3, 0.4) is 0 Å². The number of rotatable bonds is 7. The third-order valence-corrected chi connectivity index (χ3v) is 5.87. The summed E-state index contributed by atoms with van der Waals surface area (Å²) in [6, 6.07) is 4.21. The van der Waals surface area contributed by atoms with Crippen LogP contribution in [0, 0.1) is 16.7 Å². The normalized spacial score (nSPS) is 16.4. The van der Waals surface area contributed by atoms with Gasteiger partial charge in [-0.05, 0) is 12.3 Å². The first-order chi connectivity index (χ1) is 14.1. The Bertz CT molecular complexity index is 1110. The Balaban J connectivity index is 1.78. The molecule has 29 heavy (non-hydrogen) atoms. The minimum atomic E-state index is -0.309. The molecular weight excluding hydrogens is 386 g/mol. The van der Waals surface area contributed by atoms with E-state index in [2.05, 4.69) is 25.9 Å². The zero-order chi connectivity index (χ0) is 20.4. The van der Waals surface area contributed by atoms with Gasteiger partial charge in [0.05, 0.1) is 48.0 Å². The Hall–Kier alpha value is -3.16. The Kier molecular flexibility index (Phi) is 5.08. The highest BCUT2D eigenvalue weighted by Crippen LogP contribution is 2.36. The summed E-state index contributed by atoms with van der Waals surface area (Å²) >= 11 is 1.68. The van der Waals surface area contributed by atoms with E-state index in [1.165, 1.54) is 6.21 Å². The molecule has 4 heterocycles. The fourth-order valence-electron chi connectivity index (χ4n) is 3.55. The molecule has 2 N–H and O–H groups in total. The summed E-state index contributed by atoms with van der Waals surface area (Å²) < 4.78 is 5.87. The van der Waals surface area contributed by atoms with Gasteiger partial charge >= 0.3 is 0 Å². The van der Waals surface area contributed by atoms with Gasteiger partial charge < -0.3 is 10.7 Å². The van der Waals surface area contributed by atoms with Crippen molar-refractivity contribution in [3.05, 3.63) is 42.7 Å². The van der Waals surface area contributed by atoms with Crippen molar-refractivity contribution in [3.63, 3.8) is 0 Å². The molecule has 0 spiro atoms. The summed E-state index contributed by atoms with van der Waals surface area (Å²) in [5.41, 5.74) is 3.42. The number of hydrogen-bond acceptors (Lipinski definition) is 8. The van der Waals surface area contributed by atoms with Gasteiger partial charge in [0.2, 0.25) is 0 Å². The molecule has 1 saturated heterocycles. The van der Waals surface area contributed by atoms with Gasteiger partial charge in [0.1, 0.15) is 5.54 Å². The van der Waals surface area contributed by atoms with Crippen molar-refractivity contribution in [3.8, 4) is 17.3 Å². The number of fused-ring (bicyclic) bond motifs is 1. The van der Waals surface area contributed by atoms with Crippen molar-refractivity contribution in [2.45, 2.75) is 12.0 Å². The van der Waals surface area contributed by atoms with Gasteiger partial charge in [-0.3, -0.25) is 4.68 Å². The average Bonchev–Trinajstić information content (AvgIpc) is 3.37. The number of aromatic nitrogens is 5. The third kappa shape index (κ3) is 3.28. The summed E-state index contributed by atoms with van der Waals surface area (Å²) in [4.78, 5) is 4.80. The van der Waals surface area contributed by atoms with E-state index in [-0.39, 0.29) is 5.54 Å². The number of allylic oxidation sites excluding steroid dienone is 1. The van der Waals surface area contributed by atoms with Crippen LogP contribution in [0.2, 0.25) is 0 Å². The first-order valence-electron chi connectivity index (χ1n) is 9.08. The molecule has 0 amide bonds. The Labute approximate surface area is 172 Å². The minimum absolute atomic E-state index is 0.309. The summed E-state index contributed by atoms with van der Waals surface area (Å²) in [5.74, 6) is 0. The maximum Gasteiger partial charge on any atom is 0.103 e. The van der Waals surface area contributed by atoms with Crippen LogP contribution in [0.4, 0.5) is 0 Å². The second kappa shape index (κ2) is 7.69. The molecule has 0 saturated carbocycles. The van der Waals surface area contributed by atoms with Gasteiger partial charge in [0.15, 0.2) is 0 Å². The second-order valence-electron chi connectivity index (χ2n) is 6.88. The molecule has 0 unspecified atom stereocenters. The van der Waals surface area contributed by atoms with E-state index in [0.717, 1.165) is 29.9 Å². The van der Waals surface area contributed by atoms with Crippen LogP contribution >= 0.6 is 11.9 Å². The first kappa shape index (κ1) is 19.2. The lowest BCUT2D eigenvalue weighted by Crippen LogP contribution is -2.59. The number of hydrogen-bond donors (Lipinski definition) is 2. The van der Waals surface area contributed by atoms with Crippen molar-refractivity contribution in [1.29, 1.82) is 10.7 Å². The molecule has 1 aliphatic heterocycles. The molecule has 1 aliphatic rings. The lowest BCUT2D eigenvalue weighted by Gasteiger charge is -2.47. The van der Waals surface area contributed by atoms with Crippen molar-refractivity contribution in [1.82, 2.24) is 34.0 Å². The molecule has 1 fully saturated rings. The van der Waals surface area contributed by atoms with Crippen LogP contribution < -0.4 is 5.32 Å². The number of nitriles is 1. The molecule has 10 heteroatoms. The van der Waals surface area contributed by atoms with Crippen molar-refractivity contribution in [2.24, 2.45) is 0 Å². The van der Waals surface area contributed by atoms with Gasteiger partial charge in [0.25, 0.3) is 0 Å². The smallest absolute Gasteiger partial charge is 0.103 e. The van der Waals surface area contributed by atoms with E-state index in [1.54, 1.807) is 48.3 Å². The zero-order valence-corrected chi connectivity index (χ0v) is 17.0. The van der Waals surface area contributed by atoms with Crippen molar-refractivity contribution in [2.75, 3.05) is 26.4 Å². The molecule has 0 atom stereocenters. The first-order valence-corrected chi connectivity index (χ1v) is 10.3. The number of nitrogens with zero attached hydrogens (tertiary/aromatic N) is 7. The Morgan fingerprint density at radius 3 is 2.93 bits per heavy atom. The Morgan fingerprint density at radius 1 is 1.41 bits per heavy atom. The van der Waals surface area contributed by atoms with Crippen LogP contribution in [0.25, 0.3) is 22.3 Å². The molecule has 0 radical (unpaired) electrons. The van der Waals surface area contributed by atoms with E-state index in [4.69, 9.17) is 10.4 Å². The van der Waals surface area contributed by atoms with Crippen molar-refractivity contribution >= 4 is 29.3 Å². The zero-order valence-electron chi connectivity index (χ0n) is 16.2. The summed E-state index contributed by atoms with van der Waals surface area (Å²) in [6.07, 6.45) is 12.7. The monoisotopic (exact) mass is 407 g/mol. The van der Waals surface area contributed by atoms with Gasteiger partial charge in [-0.2, -0.15) is 15.5 Å². The second-order valence-corrected chi connectivity index (χ2v) is 7.76. The maximum atomic E-state index is 9.33.